The van der Waals surface area contributed by atoms with Crippen molar-refractivity contribution in [3.8, 4) is 11.8 Å². The molecule has 0 bridgehead atoms. The molecule has 1 fully saturated rings. The van der Waals surface area contributed by atoms with Crippen LogP contribution in [0.5, 0.6) is 0 Å². The number of hydrogen-bond acceptors (Lipinski definition) is 5. The normalized spacial score (nSPS) is 13.8. The number of nitrogens with one attached hydrogen (secondary N) is 2. The molecule has 1 aromatic heterocycles. The van der Waals surface area contributed by atoms with Gasteiger partial charge in [-0.2, -0.15) is 10.9 Å². The molecule has 2 radical (unpaired) electrons. The van der Waals surface area contributed by atoms with Gasteiger partial charge < -0.3 is 27.8 Å². The number of amides is 1. The largest absolute Gasteiger partial charge is 0.367 e. The van der Waals surface area contributed by atoms with Crippen molar-refractivity contribution in [1.82, 2.24) is 14.9 Å². The van der Waals surface area contributed by atoms with E-state index in [0.717, 1.165) is 18.0 Å². The van der Waals surface area contributed by atoms with E-state index in [9.17, 15) is 4.79 Å². The van der Waals surface area contributed by atoms with Crippen molar-refractivity contribution >= 4 is 34.0 Å². The first-order chi connectivity index (χ1) is 17.1. The molecule has 8 heteroatoms. The standard InChI is InChI=1S/C29H33N5O.Re.Y/c1-34(2)18-8-11-28(35)32-25-16-17-27-26(20-25)29(31-21-30-27)33-24-14-12-23(13-15-24)19-22-9-6-4-3-5-7-10-22;;/h12-15,17,21-22H,3-7,9-10,18-19H2,1-2H3,(H,32,35)(H,30,31,33);;/q-2;;. The summed E-state index contributed by atoms with van der Waals surface area (Å²) in [7, 11) is 3.80. The van der Waals surface area contributed by atoms with Crippen molar-refractivity contribution in [2.75, 3.05) is 31.3 Å². The second-order valence-electron chi connectivity index (χ2n) is 9.50. The molecule has 3 aromatic rings. The Kier molecular flexibility index (Phi) is 13.9. The Hall–Kier alpha value is -1.66. The maximum atomic E-state index is 12.1. The van der Waals surface area contributed by atoms with E-state index >= 15 is 0 Å². The van der Waals surface area contributed by atoms with Gasteiger partial charge >= 0.3 is 0 Å². The van der Waals surface area contributed by atoms with Crippen LogP contribution in [0.25, 0.3) is 10.9 Å². The molecule has 0 saturated heterocycles. The van der Waals surface area contributed by atoms with Crippen LogP contribution in [0.1, 0.15) is 50.5 Å². The molecule has 1 aliphatic rings. The topological polar surface area (TPSA) is 70.2 Å². The van der Waals surface area contributed by atoms with Crippen molar-refractivity contribution in [2.24, 2.45) is 5.92 Å². The van der Waals surface area contributed by atoms with E-state index in [1.165, 1.54) is 56.8 Å². The van der Waals surface area contributed by atoms with E-state index in [4.69, 9.17) is 0 Å². The Bertz CT molecular complexity index is 1200. The van der Waals surface area contributed by atoms with Crippen LogP contribution < -0.4 is 10.6 Å². The van der Waals surface area contributed by atoms with Gasteiger partial charge in [0, 0.05) is 58.8 Å². The molecule has 6 nitrogen and oxygen atoms in total. The Balaban J connectivity index is 0.00000241. The van der Waals surface area contributed by atoms with Crippen molar-refractivity contribution in [1.29, 1.82) is 0 Å². The number of nitrogens with zero attached hydrogens (tertiary/aromatic N) is 3. The van der Waals surface area contributed by atoms with Crippen LogP contribution in [0.2, 0.25) is 0 Å². The third-order valence-corrected chi connectivity index (χ3v) is 6.28. The van der Waals surface area contributed by atoms with E-state index in [1.54, 1.807) is 6.07 Å². The number of carbonyl (C=O) groups excluding carboxylic acids is 1. The summed E-state index contributed by atoms with van der Waals surface area (Å²) < 4.78 is 0. The number of hydrogen-bond donors (Lipinski definition) is 2. The van der Waals surface area contributed by atoms with Crippen LogP contribution in [0, 0.1) is 29.9 Å². The second-order valence-corrected chi connectivity index (χ2v) is 9.50. The van der Waals surface area contributed by atoms with Crippen molar-refractivity contribution in [3.63, 3.8) is 0 Å². The van der Waals surface area contributed by atoms with E-state index < -0.39 is 5.91 Å². The van der Waals surface area contributed by atoms with E-state index in [0.29, 0.717) is 29.0 Å². The van der Waals surface area contributed by atoms with Gasteiger partial charge in [0.15, 0.2) is 0 Å². The molecule has 0 atom stereocenters. The average Bonchev–Trinajstić information content (AvgIpc) is 2.82. The molecule has 0 spiro atoms. The van der Waals surface area contributed by atoms with Gasteiger partial charge in [-0.25, -0.2) is 10.7 Å². The molecule has 1 amide bonds. The Labute approximate surface area is 259 Å². The molecule has 1 saturated carbocycles. The van der Waals surface area contributed by atoms with Gasteiger partial charge in [-0.15, -0.1) is 0 Å². The van der Waals surface area contributed by atoms with Gasteiger partial charge in [0.1, 0.15) is 0 Å². The molecule has 0 aliphatic heterocycles. The molecule has 37 heavy (non-hydrogen) atoms. The fourth-order valence-electron chi connectivity index (χ4n) is 4.46. The maximum Gasteiger partial charge on any atom is 0.296 e. The number of carbonyl (C=O) groups is 1. The fraction of sp³-hybridized carbons (Fsp3) is 0.414. The van der Waals surface area contributed by atoms with E-state index in [2.05, 4.69) is 68.8 Å². The van der Waals surface area contributed by atoms with Crippen LogP contribution in [0.4, 0.5) is 17.2 Å². The molecular weight excluding hydrogens is 709 g/mol. The zero-order chi connectivity index (χ0) is 24.5. The fourth-order valence-corrected chi connectivity index (χ4v) is 4.46. The number of benzene rings is 2. The number of rotatable bonds is 6. The van der Waals surface area contributed by atoms with Gasteiger partial charge in [-0.1, -0.05) is 63.0 Å². The molecule has 1 heterocycles. The smallest absolute Gasteiger partial charge is 0.296 e. The monoisotopic (exact) mass is 743 g/mol. The Morgan fingerprint density at radius 2 is 1.78 bits per heavy atom. The van der Waals surface area contributed by atoms with Crippen molar-refractivity contribution in [3.05, 3.63) is 54.4 Å². The van der Waals surface area contributed by atoms with Gasteiger partial charge in [-0.3, -0.25) is 15.8 Å². The third kappa shape index (κ3) is 10.2. The van der Waals surface area contributed by atoms with Crippen LogP contribution in [-0.2, 0) is 64.3 Å². The van der Waals surface area contributed by atoms with Gasteiger partial charge in [0.05, 0.1) is 18.7 Å². The first-order valence-electron chi connectivity index (χ1n) is 12.5. The number of fused-ring (bicyclic) bond motifs is 1. The summed E-state index contributed by atoms with van der Waals surface area (Å²) in [6.07, 6.45) is 12.3. The van der Waals surface area contributed by atoms with Crippen LogP contribution in [0.15, 0.2) is 36.7 Å². The maximum absolute atomic E-state index is 12.1. The molecule has 4 rings (SSSR count). The quantitative estimate of drug-likeness (QED) is 0.263. The zero-order valence-corrected chi connectivity index (χ0v) is 27.2. The number of anilines is 3. The summed E-state index contributed by atoms with van der Waals surface area (Å²) in [6.45, 7) is 0.514. The third-order valence-electron chi connectivity index (χ3n) is 6.28. The minimum atomic E-state index is -0.398. The zero-order valence-electron chi connectivity index (χ0n) is 21.6. The first-order valence-corrected chi connectivity index (χ1v) is 12.5. The first kappa shape index (κ1) is 31.6. The summed E-state index contributed by atoms with van der Waals surface area (Å²) in [5.41, 5.74) is 3.44. The predicted octanol–water partition coefficient (Wildman–Crippen LogP) is 5.38. The SMILES string of the molecule is CN(C)CC#CC(=O)Nc1[c-]cc2ncnc(Nc3ccc(CC4CCCCCCC4)cc3)c2[c-]1.[Re].[Y]. The van der Waals surface area contributed by atoms with Gasteiger partial charge in [0.2, 0.25) is 0 Å². The van der Waals surface area contributed by atoms with Crippen LogP contribution in [-0.4, -0.2) is 41.4 Å². The number of aromatic nitrogens is 2. The van der Waals surface area contributed by atoms with E-state index in [1.807, 2.05) is 19.0 Å². The molecule has 2 N–H and O–H groups in total. The Morgan fingerprint density at radius 3 is 2.49 bits per heavy atom. The second kappa shape index (κ2) is 16.3. The molecular formula is C29H33N5OReY-2. The molecule has 1 aliphatic carbocycles. The summed E-state index contributed by atoms with van der Waals surface area (Å²) in [4.78, 5) is 22.7. The molecule has 192 valence electrons. The average molecular weight is 743 g/mol. The van der Waals surface area contributed by atoms with Crippen LogP contribution >= 0.6 is 0 Å². The summed E-state index contributed by atoms with van der Waals surface area (Å²) in [6, 6.07) is 16.5. The predicted molar refractivity (Wildman–Crippen MR) is 141 cm³/mol. The minimum absolute atomic E-state index is 0. The molecule has 2 aromatic carbocycles. The van der Waals surface area contributed by atoms with Gasteiger partial charge in [0.25, 0.3) is 5.91 Å². The van der Waals surface area contributed by atoms with Crippen molar-refractivity contribution < 1.29 is 57.9 Å². The summed E-state index contributed by atoms with van der Waals surface area (Å²) in [5.74, 6) is 6.43. The molecule has 0 unspecified atom stereocenters. The van der Waals surface area contributed by atoms with Crippen molar-refractivity contribution in [2.45, 2.75) is 51.4 Å². The van der Waals surface area contributed by atoms with Crippen LogP contribution in [0.3, 0.4) is 0 Å². The Morgan fingerprint density at radius 1 is 1.08 bits per heavy atom. The minimum Gasteiger partial charge on any atom is -0.367 e. The van der Waals surface area contributed by atoms with Gasteiger partial charge in [-0.05, 0) is 50.1 Å². The summed E-state index contributed by atoms with van der Waals surface area (Å²) >= 11 is 0. The van der Waals surface area contributed by atoms with E-state index in [-0.39, 0.29) is 53.1 Å². The summed E-state index contributed by atoms with van der Waals surface area (Å²) in [5, 5.41) is 6.79.